The summed E-state index contributed by atoms with van der Waals surface area (Å²) >= 11 is 1.47. The van der Waals surface area contributed by atoms with Crippen molar-refractivity contribution in [3.05, 3.63) is 71.0 Å². The molecule has 1 aliphatic heterocycles. The van der Waals surface area contributed by atoms with Crippen LogP contribution >= 0.6 is 11.8 Å². The highest BCUT2D eigenvalue weighted by Gasteiger charge is 2.26. The van der Waals surface area contributed by atoms with Gasteiger partial charge in [0.2, 0.25) is 5.91 Å². The molecule has 6 nitrogen and oxygen atoms in total. The topological polar surface area (TPSA) is 60.2 Å². The van der Waals surface area contributed by atoms with Crippen molar-refractivity contribution in [2.75, 3.05) is 26.3 Å². The normalized spacial score (nSPS) is 15.1. The number of carbonyl (C=O) groups excluding carboxylic acids is 1. The molecule has 7 heteroatoms. The summed E-state index contributed by atoms with van der Waals surface area (Å²) in [6, 6.07) is 16.7. The van der Waals surface area contributed by atoms with E-state index in [-0.39, 0.29) is 11.2 Å². The number of morpholine rings is 1. The van der Waals surface area contributed by atoms with E-state index in [0.29, 0.717) is 32.7 Å². The molecular formula is C24H28N4O2S. The summed E-state index contributed by atoms with van der Waals surface area (Å²) in [4.78, 5) is 14.8. The lowest BCUT2D eigenvalue weighted by molar-refractivity contribution is -0.134. The molecular weight excluding hydrogens is 408 g/mol. The molecule has 1 aromatic heterocycles. The van der Waals surface area contributed by atoms with E-state index in [1.165, 1.54) is 22.9 Å². The third-order valence-corrected chi connectivity index (χ3v) is 6.48. The summed E-state index contributed by atoms with van der Waals surface area (Å²) in [5.41, 5.74) is 4.59. The molecule has 4 rings (SSSR count). The van der Waals surface area contributed by atoms with Crippen LogP contribution in [0.25, 0.3) is 5.69 Å². The zero-order valence-corrected chi connectivity index (χ0v) is 19.1. The molecule has 1 atom stereocenters. The van der Waals surface area contributed by atoms with Gasteiger partial charge in [0, 0.05) is 19.5 Å². The lowest BCUT2D eigenvalue weighted by Crippen LogP contribution is -2.44. The zero-order chi connectivity index (χ0) is 21.8. The first kappa shape index (κ1) is 21.6. The fourth-order valence-electron chi connectivity index (χ4n) is 3.82. The van der Waals surface area contributed by atoms with Crippen molar-refractivity contribution >= 4 is 17.7 Å². The number of amides is 1. The first-order chi connectivity index (χ1) is 15.0. The number of nitrogens with zero attached hydrogens (tertiary/aromatic N) is 4. The predicted octanol–water partition coefficient (Wildman–Crippen LogP) is 3.81. The van der Waals surface area contributed by atoms with Gasteiger partial charge in [0.05, 0.1) is 24.2 Å². The molecule has 1 fully saturated rings. The second-order valence-corrected chi connectivity index (χ2v) is 9.19. The van der Waals surface area contributed by atoms with Crippen LogP contribution in [0.2, 0.25) is 0 Å². The molecule has 0 N–H and O–H groups in total. The Kier molecular flexibility index (Phi) is 6.73. The van der Waals surface area contributed by atoms with E-state index >= 15 is 0 Å². The number of thioether (sulfide) groups is 1. The zero-order valence-electron chi connectivity index (χ0n) is 18.2. The molecule has 1 unspecified atom stereocenters. The molecule has 0 bridgehead atoms. The standard InChI is InChI=1S/C24H28N4O2S/c1-17-9-10-21(18(2)15-17)28-22(16-20-7-5-4-6-8-20)25-26-24(28)31-19(3)23(29)27-11-13-30-14-12-27/h4-10,15,19H,11-14,16H2,1-3H3. The fourth-order valence-corrected chi connectivity index (χ4v) is 4.78. The Bertz CT molecular complexity index is 1040. The minimum Gasteiger partial charge on any atom is -0.378 e. The van der Waals surface area contributed by atoms with Crippen LogP contribution in [0.5, 0.6) is 0 Å². The second kappa shape index (κ2) is 9.66. The number of carbonyl (C=O) groups is 1. The molecule has 3 aromatic rings. The van der Waals surface area contributed by atoms with E-state index in [1.54, 1.807) is 0 Å². The van der Waals surface area contributed by atoms with E-state index in [2.05, 4.69) is 58.9 Å². The summed E-state index contributed by atoms with van der Waals surface area (Å²) in [5, 5.41) is 9.51. The largest absolute Gasteiger partial charge is 0.378 e. The van der Waals surface area contributed by atoms with Gasteiger partial charge in [0.15, 0.2) is 5.16 Å². The van der Waals surface area contributed by atoms with Crippen LogP contribution in [0.1, 0.15) is 29.4 Å². The average Bonchev–Trinajstić information content (AvgIpc) is 3.16. The lowest BCUT2D eigenvalue weighted by Gasteiger charge is -2.29. The number of hydrogen-bond donors (Lipinski definition) is 0. The fraction of sp³-hybridized carbons (Fsp3) is 0.375. The number of rotatable bonds is 6. The smallest absolute Gasteiger partial charge is 0.236 e. The maximum Gasteiger partial charge on any atom is 0.236 e. The first-order valence-electron chi connectivity index (χ1n) is 10.6. The average molecular weight is 437 g/mol. The Morgan fingerprint density at radius 2 is 1.84 bits per heavy atom. The number of aryl methyl sites for hydroxylation is 2. The van der Waals surface area contributed by atoms with Crippen LogP contribution in [0.4, 0.5) is 0 Å². The van der Waals surface area contributed by atoms with Gasteiger partial charge in [0.25, 0.3) is 0 Å². The molecule has 1 saturated heterocycles. The van der Waals surface area contributed by atoms with Crippen molar-refractivity contribution in [3.8, 4) is 5.69 Å². The molecule has 1 amide bonds. The Morgan fingerprint density at radius 3 is 2.55 bits per heavy atom. The molecule has 31 heavy (non-hydrogen) atoms. The van der Waals surface area contributed by atoms with Gasteiger partial charge in [-0.3, -0.25) is 9.36 Å². The van der Waals surface area contributed by atoms with Gasteiger partial charge in [-0.25, -0.2) is 0 Å². The lowest BCUT2D eigenvalue weighted by atomic mass is 10.1. The van der Waals surface area contributed by atoms with Crippen molar-refractivity contribution in [2.24, 2.45) is 0 Å². The monoisotopic (exact) mass is 436 g/mol. The van der Waals surface area contributed by atoms with E-state index < -0.39 is 0 Å². The molecule has 162 valence electrons. The van der Waals surface area contributed by atoms with E-state index in [9.17, 15) is 4.79 Å². The Balaban J connectivity index is 1.66. The van der Waals surface area contributed by atoms with Gasteiger partial charge in [-0.15, -0.1) is 10.2 Å². The minimum atomic E-state index is -0.253. The van der Waals surface area contributed by atoms with E-state index in [0.717, 1.165) is 22.2 Å². The third-order valence-electron chi connectivity index (χ3n) is 5.45. The summed E-state index contributed by atoms with van der Waals surface area (Å²) < 4.78 is 7.49. The minimum absolute atomic E-state index is 0.119. The molecule has 1 aliphatic rings. The van der Waals surface area contributed by atoms with Crippen molar-refractivity contribution in [2.45, 2.75) is 37.6 Å². The number of aromatic nitrogens is 3. The summed E-state index contributed by atoms with van der Waals surface area (Å²) in [6.07, 6.45) is 0.674. The van der Waals surface area contributed by atoms with Crippen LogP contribution in [0.15, 0.2) is 53.7 Å². The van der Waals surface area contributed by atoms with Gasteiger partial charge in [-0.2, -0.15) is 0 Å². The molecule has 2 aromatic carbocycles. The molecule has 0 saturated carbocycles. The summed E-state index contributed by atoms with van der Waals surface area (Å²) in [7, 11) is 0. The van der Waals surface area contributed by atoms with E-state index in [1.807, 2.05) is 30.0 Å². The highest BCUT2D eigenvalue weighted by atomic mass is 32.2. The molecule has 2 heterocycles. The van der Waals surface area contributed by atoms with Crippen LogP contribution < -0.4 is 0 Å². The Morgan fingerprint density at radius 1 is 1.10 bits per heavy atom. The Labute approximate surface area is 187 Å². The number of ether oxygens (including phenoxy) is 1. The predicted molar refractivity (Wildman–Crippen MR) is 123 cm³/mol. The maximum atomic E-state index is 13.0. The van der Waals surface area contributed by atoms with Crippen LogP contribution in [0, 0.1) is 13.8 Å². The summed E-state index contributed by atoms with van der Waals surface area (Å²) in [6.45, 7) is 8.63. The van der Waals surface area contributed by atoms with E-state index in [4.69, 9.17) is 4.74 Å². The maximum absolute atomic E-state index is 13.0. The molecule has 0 radical (unpaired) electrons. The molecule has 0 spiro atoms. The van der Waals surface area contributed by atoms with Crippen molar-refractivity contribution < 1.29 is 9.53 Å². The van der Waals surface area contributed by atoms with Crippen LogP contribution in [-0.2, 0) is 16.0 Å². The highest BCUT2D eigenvalue weighted by Crippen LogP contribution is 2.29. The van der Waals surface area contributed by atoms with Gasteiger partial charge in [-0.1, -0.05) is 59.8 Å². The van der Waals surface area contributed by atoms with Crippen LogP contribution in [0.3, 0.4) is 0 Å². The van der Waals surface area contributed by atoms with Gasteiger partial charge < -0.3 is 9.64 Å². The van der Waals surface area contributed by atoms with Gasteiger partial charge >= 0.3 is 0 Å². The quantitative estimate of drug-likeness (QED) is 0.550. The third kappa shape index (κ3) is 4.99. The van der Waals surface area contributed by atoms with Gasteiger partial charge in [0.1, 0.15) is 5.82 Å². The highest BCUT2D eigenvalue weighted by molar-refractivity contribution is 8.00. The van der Waals surface area contributed by atoms with Crippen molar-refractivity contribution in [1.29, 1.82) is 0 Å². The van der Waals surface area contributed by atoms with Crippen molar-refractivity contribution in [3.63, 3.8) is 0 Å². The second-order valence-electron chi connectivity index (χ2n) is 7.88. The first-order valence-corrected chi connectivity index (χ1v) is 11.5. The Hall–Kier alpha value is -2.64. The SMILES string of the molecule is Cc1ccc(-n2c(Cc3ccccc3)nnc2SC(C)C(=O)N2CCOCC2)c(C)c1. The van der Waals surface area contributed by atoms with Crippen LogP contribution in [-0.4, -0.2) is 57.1 Å². The van der Waals surface area contributed by atoms with Gasteiger partial charge in [-0.05, 0) is 38.0 Å². The number of benzene rings is 2. The van der Waals surface area contributed by atoms with Crippen molar-refractivity contribution in [1.82, 2.24) is 19.7 Å². The number of hydrogen-bond acceptors (Lipinski definition) is 5. The molecule has 0 aliphatic carbocycles. The summed E-state index contributed by atoms with van der Waals surface area (Å²) in [5.74, 6) is 0.986.